The molecule has 0 aliphatic heterocycles. The van der Waals surface area contributed by atoms with E-state index in [1.807, 2.05) is 58.0 Å². The van der Waals surface area contributed by atoms with Gasteiger partial charge in [-0.1, -0.05) is 37.3 Å². The molecule has 27 heavy (non-hydrogen) atoms. The number of benzene rings is 1. The minimum Gasteiger partial charge on any atom is -0.444 e. The largest absolute Gasteiger partial charge is 0.444 e. The molecule has 7 heteroatoms. The van der Waals surface area contributed by atoms with Crippen molar-refractivity contribution in [2.75, 3.05) is 13.1 Å². The van der Waals surface area contributed by atoms with Crippen molar-refractivity contribution in [3.8, 4) is 11.3 Å². The van der Waals surface area contributed by atoms with Gasteiger partial charge < -0.3 is 15.4 Å². The van der Waals surface area contributed by atoms with Crippen LogP contribution in [0.5, 0.6) is 0 Å². The lowest BCUT2D eigenvalue weighted by Crippen LogP contribution is -2.38. The molecule has 0 radical (unpaired) electrons. The molecule has 0 saturated carbocycles. The number of hydrogen-bond donors (Lipinski definition) is 2. The van der Waals surface area contributed by atoms with Crippen LogP contribution in [-0.2, 0) is 11.8 Å². The van der Waals surface area contributed by atoms with E-state index in [1.165, 1.54) is 0 Å². The third-order valence-electron chi connectivity index (χ3n) is 3.73. The number of carbonyl (C=O) groups excluding carboxylic acids is 2. The highest BCUT2D eigenvalue weighted by molar-refractivity contribution is 5.99. The number of aryl methyl sites for hydroxylation is 1. The smallest absolute Gasteiger partial charge is 0.407 e. The van der Waals surface area contributed by atoms with Gasteiger partial charge >= 0.3 is 6.09 Å². The van der Waals surface area contributed by atoms with Crippen molar-refractivity contribution in [1.29, 1.82) is 0 Å². The first-order valence-corrected chi connectivity index (χ1v) is 9.00. The summed E-state index contributed by atoms with van der Waals surface area (Å²) < 4.78 is 6.83. The molecule has 7 nitrogen and oxygen atoms in total. The Morgan fingerprint density at radius 3 is 2.41 bits per heavy atom. The Balaban J connectivity index is 1.90. The van der Waals surface area contributed by atoms with Crippen LogP contribution in [0.4, 0.5) is 4.79 Å². The summed E-state index contributed by atoms with van der Waals surface area (Å²) in [6, 6.07) is 9.59. The van der Waals surface area contributed by atoms with Gasteiger partial charge in [-0.05, 0) is 26.7 Å². The molecule has 0 aliphatic rings. The molecule has 1 atom stereocenters. The van der Waals surface area contributed by atoms with E-state index < -0.39 is 11.7 Å². The molecule has 0 aliphatic carbocycles. The average molecular weight is 372 g/mol. The van der Waals surface area contributed by atoms with Crippen molar-refractivity contribution in [2.45, 2.75) is 33.3 Å². The van der Waals surface area contributed by atoms with Gasteiger partial charge in [-0.25, -0.2) is 4.79 Å². The molecule has 0 fully saturated rings. The van der Waals surface area contributed by atoms with Crippen LogP contribution < -0.4 is 10.6 Å². The molecule has 2 amide bonds. The van der Waals surface area contributed by atoms with Crippen molar-refractivity contribution >= 4 is 12.0 Å². The van der Waals surface area contributed by atoms with Crippen molar-refractivity contribution in [3.05, 3.63) is 42.1 Å². The first kappa shape index (κ1) is 20.5. The van der Waals surface area contributed by atoms with Crippen LogP contribution in [0.1, 0.15) is 38.1 Å². The number of nitrogens with zero attached hydrogens (tertiary/aromatic N) is 2. The van der Waals surface area contributed by atoms with E-state index in [1.54, 1.807) is 17.9 Å². The number of hydrogen-bond acceptors (Lipinski definition) is 4. The zero-order valence-electron chi connectivity index (χ0n) is 16.6. The topological polar surface area (TPSA) is 85.3 Å². The Morgan fingerprint density at radius 1 is 1.15 bits per heavy atom. The van der Waals surface area contributed by atoms with E-state index in [9.17, 15) is 9.59 Å². The molecule has 0 saturated heterocycles. The summed E-state index contributed by atoms with van der Waals surface area (Å²) in [5.74, 6) is -0.135. The molecule has 0 spiro atoms. The van der Waals surface area contributed by atoms with Crippen LogP contribution in [0, 0.1) is 5.92 Å². The van der Waals surface area contributed by atoms with Gasteiger partial charge in [-0.15, -0.1) is 0 Å². The first-order chi connectivity index (χ1) is 12.7. The van der Waals surface area contributed by atoms with Crippen molar-refractivity contribution < 1.29 is 14.3 Å². The minimum absolute atomic E-state index is 0.0540. The highest BCUT2D eigenvalue weighted by Gasteiger charge is 2.19. The SMILES string of the molecule is C[C@@H](CNC(=O)OC(C)(C)C)CNC(=O)c1cn(C)nc1-c1ccccc1. The molecule has 2 N–H and O–H groups in total. The predicted octanol–water partition coefficient (Wildman–Crippen LogP) is 2.98. The molecule has 1 heterocycles. The Morgan fingerprint density at radius 2 is 1.78 bits per heavy atom. The maximum atomic E-state index is 12.6. The van der Waals surface area contributed by atoms with E-state index in [4.69, 9.17) is 4.74 Å². The van der Waals surface area contributed by atoms with Gasteiger partial charge in [-0.3, -0.25) is 9.48 Å². The third kappa shape index (κ3) is 6.44. The van der Waals surface area contributed by atoms with E-state index in [-0.39, 0.29) is 11.8 Å². The number of nitrogens with one attached hydrogen (secondary N) is 2. The van der Waals surface area contributed by atoms with Crippen molar-refractivity contribution in [1.82, 2.24) is 20.4 Å². The second kappa shape index (κ2) is 8.70. The zero-order chi connectivity index (χ0) is 20.0. The fraction of sp³-hybridized carbons (Fsp3) is 0.450. The van der Waals surface area contributed by atoms with Gasteiger partial charge in [0.2, 0.25) is 0 Å². The Labute approximate surface area is 160 Å². The molecule has 0 bridgehead atoms. The average Bonchev–Trinajstić information content (AvgIpc) is 2.99. The summed E-state index contributed by atoms with van der Waals surface area (Å²) in [5, 5.41) is 10.0. The first-order valence-electron chi connectivity index (χ1n) is 9.00. The lowest BCUT2D eigenvalue weighted by atomic mass is 10.1. The molecule has 146 valence electrons. The predicted molar refractivity (Wildman–Crippen MR) is 104 cm³/mol. The second-order valence-corrected chi connectivity index (χ2v) is 7.63. The highest BCUT2D eigenvalue weighted by Crippen LogP contribution is 2.21. The maximum absolute atomic E-state index is 12.6. The number of alkyl carbamates (subject to hydrolysis) is 1. The maximum Gasteiger partial charge on any atom is 0.407 e. The van der Waals surface area contributed by atoms with E-state index in [2.05, 4.69) is 15.7 Å². The molecular weight excluding hydrogens is 344 g/mol. The molecule has 0 unspecified atom stereocenters. The third-order valence-corrected chi connectivity index (χ3v) is 3.73. The van der Waals surface area contributed by atoms with E-state index in [0.717, 1.165) is 5.56 Å². The lowest BCUT2D eigenvalue weighted by molar-refractivity contribution is 0.0520. The number of carbonyl (C=O) groups is 2. The van der Waals surface area contributed by atoms with Crippen LogP contribution in [0.2, 0.25) is 0 Å². The lowest BCUT2D eigenvalue weighted by Gasteiger charge is -2.21. The fourth-order valence-electron chi connectivity index (χ4n) is 2.47. The summed E-state index contributed by atoms with van der Waals surface area (Å²) in [6.07, 6.45) is 1.25. The van der Waals surface area contributed by atoms with Gasteiger partial charge in [0.1, 0.15) is 11.3 Å². The van der Waals surface area contributed by atoms with Crippen LogP contribution in [0.25, 0.3) is 11.3 Å². The van der Waals surface area contributed by atoms with Crippen LogP contribution in [0.3, 0.4) is 0 Å². The Kier molecular flexibility index (Phi) is 6.60. The molecule has 2 aromatic rings. The Bertz CT molecular complexity index is 778. The summed E-state index contributed by atoms with van der Waals surface area (Å²) in [6.45, 7) is 8.22. The van der Waals surface area contributed by atoms with E-state index in [0.29, 0.717) is 24.3 Å². The highest BCUT2D eigenvalue weighted by atomic mass is 16.6. The summed E-state index contributed by atoms with van der Waals surface area (Å²) in [5.41, 5.74) is 1.53. The van der Waals surface area contributed by atoms with Crippen LogP contribution >= 0.6 is 0 Å². The monoisotopic (exact) mass is 372 g/mol. The number of ether oxygens (including phenoxy) is 1. The van der Waals surface area contributed by atoms with Gasteiger partial charge in [0.05, 0.1) is 5.56 Å². The van der Waals surface area contributed by atoms with Gasteiger partial charge in [0, 0.05) is 31.9 Å². The van der Waals surface area contributed by atoms with Gasteiger partial charge in [0.15, 0.2) is 0 Å². The van der Waals surface area contributed by atoms with Gasteiger partial charge in [-0.2, -0.15) is 5.10 Å². The molecule has 2 rings (SSSR count). The second-order valence-electron chi connectivity index (χ2n) is 7.63. The zero-order valence-corrected chi connectivity index (χ0v) is 16.6. The molecular formula is C20H28N4O3. The van der Waals surface area contributed by atoms with Crippen molar-refractivity contribution in [3.63, 3.8) is 0 Å². The van der Waals surface area contributed by atoms with Crippen LogP contribution in [-0.4, -0.2) is 40.5 Å². The summed E-state index contributed by atoms with van der Waals surface area (Å²) in [4.78, 5) is 24.3. The van der Waals surface area contributed by atoms with E-state index >= 15 is 0 Å². The molecule has 1 aromatic carbocycles. The van der Waals surface area contributed by atoms with Crippen molar-refractivity contribution in [2.24, 2.45) is 13.0 Å². The standard InChI is InChI=1S/C20H28N4O3/c1-14(12-22-19(26)27-20(2,3)4)11-21-18(25)16-13-24(5)23-17(16)15-9-7-6-8-10-15/h6-10,13-14H,11-12H2,1-5H3,(H,21,25)(H,22,26)/t14-/m1/s1. The summed E-state index contributed by atoms with van der Waals surface area (Å²) >= 11 is 0. The number of rotatable bonds is 6. The number of aromatic nitrogens is 2. The number of amides is 2. The normalized spacial score (nSPS) is 12.3. The summed E-state index contributed by atoms with van der Waals surface area (Å²) in [7, 11) is 1.79. The Hall–Kier alpha value is -2.83. The fourth-order valence-corrected chi connectivity index (χ4v) is 2.47. The quantitative estimate of drug-likeness (QED) is 0.816. The van der Waals surface area contributed by atoms with Crippen LogP contribution in [0.15, 0.2) is 36.5 Å². The molecule has 1 aromatic heterocycles. The minimum atomic E-state index is -0.532. The van der Waals surface area contributed by atoms with Gasteiger partial charge in [0.25, 0.3) is 5.91 Å².